The topological polar surface area (TPSA) is 84.0 Å². The average molecular weight is 331 g/mol. The molecule has 2 rings (SSSR count). The summed E-state index contributed by atoms with van der Waals surface area (Å²) in [4.78, 5) is 0. The van der Waals surface area contributed by atoms with Crippen molar-refractivity contribution in [1.29, 1.82) is 0 Å². The summed E-state index contributed by atoms with van der Waals surface area (Å²) in [6.07, 6.45) is 1.68. The van der Waals surface area contributed by atoms with Crippen LogP contribution >= 0.6 is 22.9 Å². The van der Waals surface area contributed by atoms with Crippen molar-refractivity contribution >= 4 is 44.6 Å². The summed E-state index contributed by atoms with van der Waals surface area (Å²) in [5.41, 5.74) is 0. The van der Waals surface area contributed by atoms with Gasteiger partial charge in [-0.15, -0.1) is 28.1 Å². The molecule has 106 valence electrons. The third-order valence-corrected chi connectivity index (χ3v) is 5.22. The van der Waals surface area contributed by atoms with E-state index in [1.54, 1.807) is 12.1 Å². The van der Waals surface area contributed by atoms with Gasteiger partial charge < -0.3 is 5.32 Å². The van der Waals surface area contributed by atoms with Crippen LogP contribution in [0.2, 0.25) is 4.34 Å². The van der Waals surface area contributed by atoms with Crippen LogP contribution in [0.1, 0.15) is 0 Å². The van der Waals surface area contributed by atoms with Gasteiger partial charge in [-0.1, -0.05) is 17.7 Å². The van der Waals surface area contributed by atoms with E-state index in [2.05, 4.69) is 26.8 Å². The van der Waals surface area contributed by atoms with Gasteiger partial charge in [0.2, 0.25) is 0 Å². The molecular weight excluding hydrogens is 320 g/mol. The summed E-state index contributed by atoms with van der Waals surface area (Å²) in [5.74, 6) is 0.672. The highest BCUT2D eigenvalue weighted by Crippen LogP contribution is 2.26. The van der Waals surface area contributed by atoms with E-state index >= 15 is 0 Å². The van der Waals surface area contributed by atoms with Gasteiger partial charge in [0.15, 0.2) is 5.82 Å². The zero-order valence-electron chi connectivity index (χ0n) is 10.2. The van der Waals surface area contributed by atoms with Gasteiger partial charge in [-0.25, -0.2) is 8.42 Å². The number of nitrogens with zero attached hydrogens (tertiary/aromatic N) is 2. The summed E-state index contributed by atoms with van der Waals surface area (Å²) >= 11 is 6.69. The highest BCUT2D eigenvalue weighted by Gasteiger charge is 2.17. The minimum Gasteiger partial charge on any atom is -0.365 e. The second kappa shape index (κ2) is 6.21. The van der Waals surface area contributed by atoms with Gasteiger partial charge in [0.25, 0.3) is 10.0 Å². The Morgan fingerprint density at radius 3 is 2.50 bits per heavy atom. The first kappa shape index (κ1) is 14.8. The predicted octanol–water partition coefficient (Wildman–Crippen LogP) is 2.59. The summed E-state index contributed by atoms with van der Waals surface area (Å²) in [6.45, 7) is 4.11. The molecule has 0 bridgehead atoms. The summed E-state index contributed by atoms with van der Waals surface area (Å²) in [5, 5.41) is 10.6. The van der Waals surface area contributed by atoms with Crippen LogP contribution in [-0.2, 0) is 10.0 Å². The molecule has 0 saturated carbocycles. The Morgan fingerprint density at radius 2 is 1.95 bits per heavy atom. The molecule has 2 heterocycles. The van der Waals surface area contributed by atoms with Crippen LogP contribution in [0.15, 0.2) is 41.1 Å². The smallest absolute Gasteiger partial charge is 0.272 e. The van der Waals surface area contributed by atoms with Crippen LogP contribution < -0.4 is 10.0 Å². The number of hydrogen-bond donors (Lipinski definition) is 2. The monoisotopic (exact) mass is 330 g/mol. The van der Waals surface area contributed by atoms with Crippen molar-refractivity contribution in [3.8, 4) is 0 Å². The summed E-state index contributed by atoms with van der Waals surface area (Å²) in [7, 11) is -3.68. The largest absolute Gasteiger partial charge is 0.365 e. The number of thiophene rings is 1. The van der Waals surface area contributed by atoms with Gasteiger partial charge in [-0.2, -0.15) is 0 Å². The highest BCUT2D eigenvalue weighted by molar-refractivity contribution is 7.94. The highest BCUT2D eigenvalue weighted by atomic mass is 35.5. The Labute approximate surface area is 125 Å². The number of anilines is 2. The van der Waals surface area contributed by atoms with Crippen molar-refractivity contribution in [2.45, 2.75) is 4.21 Å². The molecule has 20 heavy (non-hydrogen) atoms. The maximum absolute atomic E-state index is 12.0. The Kier molecular flexibility index (Phi) is 4.58. The van der Waals surface area contributed by atoms with Crippen LogP contribution in [0, 0.1) is 0 Å². The molecule has 6 nitrogen and oxygen atoms in total. The van der Waals surface area contributed by atoms with Crippen molar-refractivity contribution in [3.63, 3.8) is 0 Å². The SMILES string of the molecule is C=CCNc1ccc(NS(=O)(=O)c2ccc(Cl)s2)nn1. The lowest BCUT2D eigenvalue weighted by Gasteiger charge is -2.05. The summed E-state index contributed by atoms with van der Waals surface area (Å²) in [6, 6.07) is 6.10. The zero-order chi connectivity index (χ0) is 14.6. The lowest BCUT2D eigenvalue weighted by molar-refractivity contribution is 0.603. The second-order valence-corrected chi connectivity index (χ2v) is 7.26. The fourth-order valence-electron chi connectivity index (χ4n) is 1.29. The molecule has 2 aromatic rings. The minimum atomic E-state index is -3.68. The molecule has 0 aromatic carbocycles. The summed E-state index contributed by atoms with van der Waals surface area (Å²) < 4.78 is 26.9. The molecule has 0 fully saturated rings. The average Bonchev–Trinajstić information content (AvgIpc) is 2.85. The van der Waals surface area contributed by atoms with Crippen molar-refractivity contribution in [3.05, 3.63) is 41.3 Å². The molecule has 0 aliphatic rings. The van der Waals surface area contributed by atoms with E-state index in [-0.39, 0.29) is 10.0 Å². The van der Waals surface area contributed by atoms with Gasteiger partial charge in [-0.3, -0.25) is 4.72 Å². The maximum atomic E-state index is 12.0. The standard InChI is InChI=1S/C11H11ClN4O2S2/c1-2-7-13-9-4-5-10(15-14-9)16-20(17,18)11-6-3-8(12)19-11/h2-6H,1,7H2,(H,13,14)(H,15,16). The van der Waals surface area contributed by atoms with Gasteiger partial charge in [0, 0.05) is 6.54 Å². The molecule has 0 saturated heterocycles. The number of nitrogens with one attached hydrogen (secondary N) is 2. The van der Waals surface area contributed by atoms with Crippen molar-refractivity contribution in [2.24, 2.45) is 0 Å². The Balaban J connectivity index is 2.11. The fourth-order valence-corrected chi connectivity index (χ4v) is 3.77. The molecule has 2 N–H and O–H groups in total. The molecule has 0 spiro atoms. The fraction of sp³-hybridized carbons (Fsp3) is 0.0909. The van der Waals surface area contributed by atoms with Gasteiger partial charge in [0.05, 0.1) is 4.34 Å². The van der Waals surface area contributed by atoms with Crippen molar-refractivity contribution < 1.29 is 8.42 Å². The van der Waals surface area contributed by atoms with Gasteiger partial charge in [-0.05, 0) is 24.3 Å². The minimum absolute atomic E-state index is 0.123. The van der Waals surface area contributed by atoms with Crippen LogP contribution in [0.25, 0.3) is 0 Å². The number of aromatic nitrogens is 2. The van der Waals surface area contributed by atoms with Crippen LogP contribution in [0.5, 0.6) is 0 Å². The molecular formula is C11H11ClN4O2S2. The van der Waals surface area contributed by atoms with Crippen LogP contribution in [-0.4, -0.2) is 25.2 Å². The lowest BCUT2D eigenvalue weighted by atomic mass is 10.5. The van der Waals surface area contributed by atoms with E-state index in [0.29, 0.717) is 16.7 Å². The normalized spacial score (nSPS) is 11.1. The molecule has 0 aliphatic heterocycles. The first-order chi connectivity index (χ1) is 9.51. The quantitative estimate of drug-likeness (QED) is 0.795. The van der Waals surface area contributed by atoms with Crippen LogP contribution in [0.4, 0.5) is 11.6 Å². The van der Waals surface area contributed by atoms with Crippen molar-refractivity contribution in [2.75, 3.05) is 16.6 Å². The Morgan fingerprint density at radius 1 is 1.25 bits per heavy atom. The van der Waals surface area contributed by atoms with Gasteiger partial charge >= 0.3 is 0 Å². The Hall–Kier alpha value is -1.64. The van der Waals surface area contributed by atoms with E-state index in [1.165, 1.54) is 18.2 Å². The van der Waals surface area contributed by atoms with E-state index in [9.17, 15) is 8.42 Å². The van der Waals surface area contributed by atoms with Crippen LogP contribution in [0.3, 0.4) is 0 Å². The number of halogens is 1. The predicted molar refractivity (Wildman–Crippen MR) is 80.9 cm³/mol. The van der Waals surface area contributed by atoms with E-state index < -0.39 is 10.0 Å². The molecule has 0 unspecified atom stereocenters. The molecule has 0 aliphatic carbocycles. The van der Waals surface area contributed by atoms with Gasteiger partial charge in [0.1, 0.15) is 10.0 Å². The number of sulfonamides is 1. The third-order valence-electron chi connectivity index (χ3n) is 2.14. The molecule has 2 aromatic heterocycles. The first-order valence-corrected chi connectivity index (χ1v) is 8.16. The zero-order valence-corrected chi connectivity index (χ0v) is 12.6. The second-order valence-electron chi connectivity index (χ2n) is 3.64. The van der Waals surface area contributed by atoms with E-state index in [1.807, 2.05) is 0 Å². The molecule has 0 amide bonds. The molecule has 0 radical (unpaired) electrons. The van der Waals surface area contributed by atoms with Crippen molar-refractivity contribution in [1.82, 2.24) is 10.2 Å². The first-order valence-electron chi connectivity index (χ1n) is 5.48. The Bertz CT molecular complexity index is 697. The number of rotatable bonds is 6. The number of hydrogen-bond acceptors (Lipinski definition) is 6. The lowest BCUT2D eigenvalue weighted by Crippen LogP contribution is -2.13. The van der Waals surface area contributed by atoms with E-state index in [4.69, 9.17) is 11.6 Å². The maximum Gasteiger partial charge on any atom is 0.272 e. The van der Waals surface area contributed by atoms with E-state index in [0.717, 1.165) is 11.3 Å². The molecule has 0 atom stereocenters. The molecule has 9 heteroatoms. The third kappa shape index (κ3) is 3.69.